The first-order valence-electron chi connectivity index (χ1n) is 7.33. The predicted molar refractivity (Wildman–Crippen MR) is 93.3 cm³/mol. The monoisotopic (exact) mass is 308 g/mol. The highest BCUT2D eigenvalue weighted by Crippen LogP contribution is 2.12. The molecule has 2 rings (SSSR count). The Hall–Kier alpha value is -2.88. The lowest BCUT2D eigenvalue weighted by molar-refractivity contribution is -0.111. The van der Waals surface area contributed by atoms with Gasteiger partial charge in [-0.3, -0.25) is 9.59 Å². The Kier molecular flexibility index (Phi) is 5.31. The van der Waals surface area contributed by atoms with Crippen molar-refractivity contribution < 1.29 is 9.59 Å². The van der Waals surface area contributed by atoms with E-state index in [0.29, 0.717) is 11.3 Å². The summed E-state index contributed by atoms with van der Waals surface area (Å²) >= 11 is 0. The van der Waals surface area contributed by atoms with Crippen molar-refractivity contribution in [1.82, 2.24) is 4.90 Å². The fourth-order valence-electron chi connectivity index (χ4n) is 2.12. The largest absolute Gasteiger partial charge is 0.345 e. The highest BCUT2D eigenvalue weighted by Gasteiger charge is 2.08. The number of carbonyl (C=O) groups excluding carboxylic acids is 2. The number of nitrogens with one attached hydrogen (secondary N) is 1. The number of nitrogens with zero attached hydrogens (tertiary/aromatic N) is 1. The van der Waals surface area contributed by atoms with Gasteiger partial charge in [-0.1, -0.05) is 35.9 Å². The first-order chi connectivity index (χ1) is 11.0. The standard InChI is InChI=1S/C19H20N2O2/c1-14-6-4-7-15(12-14)10-11-18(22)20-17-9-5-8-16(13-17)19(23)21(2)3/h4-13H,1-3H3,(H,20,22)/b11-10+. The molecule has 2 aromatic carbocycles. The molecule has 0 atom stereocenters. The number of rotatable bonds is 4. The molecule has 0 saturated carbocycles. The van der Waals surface area contributed by atoms with E-state index in [0.717, 1.165) is 11.1 Å². The fourth-order valence-corrected chi connectivity index (χ4v) is 2.12. The number of hydrogen-bond acceptors (Lipinski definition) is 2. The number of carbonyl (C=O) groups is 2. The van der Waals surface area contributed by atoms with Gasteiger partial charge in [-0.25, -0.2) is 0 Å². The van der Waals surface area contributed by atoms with Crippen LogP contribution in [0.3, 0.4) is 0 Å². The van der Waals surface area contributed by atoms with Crippen LogP contribution >= 0.6 is 0 Å². The Labute approximate surface area is 136 Å². The molecule has 4 nitrogen and oxygen atoms in total. The van der Waals surface area contributed by atoms with Crippen molar-refractivity contribution in [2.75, 3.05) is 19.4 Å². The van der Waals surface area contributed by atoms with E-state index in [1.165, 1.54) is 11.0 Å². The summed E-state index contributed by atoms with van der Waals surface area (Å²) in [6.07, 6.45) is 3.24. The van der Waals surface area contributed by atoms with Gasteiger partial charge in [0, 0.05) is 31.4 Å². The van der Waals surface area contributed by atoms with Crippen LogP contribution in [-0.4, -0.2) is 30.8 Å². The zero-order chi connectivity index (χ0) is 16.8. The molecule has 118 valence electrons. The van der Waals surface area contributed by atoms with Crippen LogP contribution in [0.1, 0.15) is 21.5 Å². The van der Waals surface area contributed by atoms with E-state index in [-0.39, 0.29) is 11.8 Å². The predicted octanol–water partition coefficient (Wildman–Crippen LogP) is 3.35. The van der Waals surface area contributed by atoms with Gasteiger partial charge < -0.3 is 10.2 Å². The third-order valence-corrected chi connectivity index (χ3v) is 3.25. The van der Waals surface area contributed by atoms with Crippen LogP contribution < -0.4 is 5.32 Å². The fraction of sp³-hybridized carbons (Fsp3) is 0.158. The molecule has 0 fully saturated rings. The van der Waals surface area contributed by atoms with Crippen molar-refractivity contribution in [3.8, 4) is 0 Å². The average Bonchev–Trinajstić information content (AvgIpc) is 2.52. The maximum Gasteiger partial charge on any atom is 0.253 e. The van der Waals surface area contributed by atoms with Crippen molar-refractivity contribution in [2.24, 2.45) is 0 Å². The van der Waals surface area contributed by atoms with E-state index in [9.17, 15) is 9.59 Å². The van der Waals surface area contributed by atoms with Crippen LogP contribution in [0, 0.1) is 6.92 Å². The van der Waals surface area contributed by atoms with Gasteiger partial charge in [0.25, 0.3) is 5.91 Å². The maximum atomic E-state index is 12.0. The molecule has 0 aromatic heterocycles. The molecule has 0 aliphatic heterocycles. The minimum Gasteiger partial charge on any atom is -0.345 e. The lowest BCUT2D eigenvalue weighted by atomic mass is 10.1. The van der Waals surface area contributed by atoms with Gasteiger partial charge in [-0.2, -0.15) is 0 Å². The van der Waals surface area contributed by atoms with E-state index in [4.69, 9.17) is 0 Å². The molecule has 0 radical (unpaired) electrons. The van der Waals surface area contributed by atoms with Gasteiger partial charge in [-0.15, -0.1) is 0 Å². The summed E-state index contributed by atoms with van der Waals surface area (Å²) in [5.41, 5.74) is 3.24. The van der Waals surface area contributed by atoms with Crippen molar-refractivity contribution in [3.63, 3.8) is 0 Å². The van der Waals surface area contributed by atoms with Crippen LogP contribution in [0.15, 0.2) is 54.6 Å². The second kappa shape index (κ2) is 7.40. The molecule has 0 aliphatic carbocycles. The summed E-state index contributed by atoms with van der Waals surface area (Å²) in [7, 11) is 3.39. The molecule has 4 heteroatoms. The quantitative estimate of drug-likeness (QED) is 0.881. The normalized spacial score (nSPS) is 10.6. The molecule has 2 amide bonds. The minimum absolute atomic E-state index is 0.101. The number of amides is 2. The Morgan fingerprint density at radius 1 is 1.04 bits per heavy atom. The summed E-state index contributed by atoms with van der Waals surface area (Å²) in [5.74, 6) is -0.336. The van der Waals surface area contributed by atoms with Gasteiger partial charge in [-0.05, 0) is 36.8 Å². The van der Waals surface area contributed by atoms with Gasteiger partial charge in [0.15, 0.2) is 0 Å². The molecule has 2 aromatic rings. The minimum atomic E-state index is -0.235. The van der Waals surface area contributed by atoms with Crippen LogP contribution in [0.2, 0.25) is 0 Å². The Balaban J connectivity index is 2.06. The molecular weight excluding hydrogens is 288 g/mol. The molecule has 0 heterocycles. The number of hydrogen-bond donors (Lipinski definition) is 1. The molecule has 0 aliphatic rings. The zero-order valence-electron chi connectivity index (χ0n) is 13.5. The maximum absolute atomic E-state index is 12.0. The van der Waals surface area contributed by atoms with Crippen LogP contribution in [0.25, 0.3) is 6.08 Å². The van der Waals surface area contributed by atoms with E-state index >= 15 is 0 Å². The molecule has 0 saturated heterocycles. The van der Waals surface area contributed by atoms with Crippen molar-refractivity contribution in [2.45, 2.75) is 6.92 Å². The number of anilines is 1. The highest BCUT2D eigenvalue weighted by atomic mass is 16.2. The molecule has 0 spiro atoms. The van der Waals surface area contributed by atoms with Crippen LogP contribution in [-0.2, 0) is 4.79 Å². The summed E-state index contributed by atoms with van der Waals surface area (Å²) < 4.78 is 0. The summed E-state index contributed by atoms with van der Waals surface area (Å²) in [6, 6.07) is 14.8. The van der Waals surface area contributed by atoms with Crippen molar-refractivity contribution in [1.29, 1.82) is 0 Å². The summed E-state index contributed by atoms with van der Waals surface area (Å²) in [4.78, 5) is 25.4. The second-order valence-electron chi connectivity index (χ2n) is 5.52. The molecular formula is C19H20N2O2. The smallest absolute Gasteiger partial charge is 0.253 e. The highest BCUT2D eigenvalue weighted by molar-refractivity contribution is 6.03. The van der Waals surface area contributed by atoms with Gasteiger partial charge in [0.05, 0.1) is 0 Å². The van der Waals surface area contributed by atoms with Crippen molar-refractivity contribution in [3.05, 3.63) is 71.3 Å². The Morgan fingerprint density at radius 2 is 1.78 bits per heavy atom. The zero-order valence-corrected chi connectivity index (χ0v) is 13.5. The third-order valence-electron chi connectivity index (χ3n) is 3.25. The molecule has 0 bridgehead atoms. The molecule has 1 N–H and O–H groups in total. The Bertz CT molecular complexity index is 749. The number of benzene rings is 2. The van der Waals surface area contributed by atoms with E-state index in [2.05, 4.69) is 5.32 Å². The topological polar surface area (TPSA) is 49.4 Å². The first kappa shape index (κ1) is 16.5. The first-order valence-corrected chi connectivity index (χ1v) is 7.33. The van der Waals surface area contributed by atoms with E-state index < -0.39 is 0 Å². The number of aryl methyl sites for hydroxylation is 1. The van der Waals surface area contributed by atoms with E-state index in [1.807, 2.05) is 31.2 Å². The van der Waals surface area contributed by atoms with Gasteiger partial charge in [0.2, 0.25) is 5.91 Å². The van der Waals surface area contributed by atoms with Gasteiger partial charge in [0.1, 0.15) is 0 Å². The van der Waals surface area contributed by atoms with Gasteiger partial charge >= 0.3 is 0 Å². The second-order valence-corrected chi connectivity index (χ2v) is 5.52. The summed E-state index contributed by atoms with van der Waals surface area (Å²) in [5, 5.41) is 2.76. The SMILES string of the molecule is Cc1cccc(/C=C/C(=O)Nc2cccc(C(=O)N(C)C)c2)c1. The third kappa shape index (κ3) is 4.81. The Morgan fingerprint density at radius 3 is 2.48 bits per heavy atom. The lowest BCUT2D eigenvalue weighted by Gasteiger charge is -2.11. The van der Waals surface area contributed by atoms with Crippen LogP contribution in [0.4, 0.5) is 5.69 Å². The molecule has 0 unspecified atom stereocenters. The van der Waals surface area contributed by atoms with Crippen molar-refractivity contribution >= 4 is 23.6 Å². The lowest BCUT2D eigenvalue weighted by Crippen LogP contribution is -2.21. The van der Waals surface area contributed by atoms with Crippen LogP contribution in [0.5, 0.6) is 0 Å². The average molecular weight is 308 g/mol. The summed E-state index contributed by atoms with van der Waals surface area (Å²) in [6.45, 7) is 2.00. The van der Waals surface area contributed by atoms with E-state index in [1.54, 1.807) is 44.4 Å². The molecule has 23 heavy (non-hydrogen) atoms.